The normalized spacial score (nSPS) is 18.5. The standard InChI is InChI=1S/C14H20FIN2O/c1-11(10-18-4-6-19-7-5-18)17-9-12-2-3-13(15)8-14(12)16/h2-3,8,11,17H,4-7,9-10H2,1H3. The van der Waals surface area contributed by atoms with Crippen molar-refractivity contribution in [2.45, 2.75) is 19.5 Å². The molecule has 1 saturated heterocycles. The van der Waals surface area contributed by atoms with Crippen molar-refractivity contribution in [3.8, 4) is 0 Å². The first-order valence-electron chi connectivity index (χ1n) is 6.62. The fourth-order valence-electron chi connectivity index (χ4n) is 2.18. The van der Waals surface area contributed by atoms with E-state index in [2.05, 4.69) is 39.7 Å². The van der Waals surface area contributed by atoms with E-state index < -0.39 is 0 Å². The highest BCUT2D eigenvalue weighted by atomic mass is 127. The van der Waals surface area contributed by atoms with Gasteiger partial charge in [-0.25, -0.2) is 4.39 Å². The number of nitrogens with one attached hydrogen (secondary N) is 1. The Morgan fingerprint density at radius 2 is 2.16 bits per heavy atom. The number of benzene rings is 1. The maximum atomic E-state index is 13.0. The van der Waals surface area contributed by atoms with E-state index in [4.69, 9.17) is 4.74 Å². The maximum absolute atomic E-state index is 13.0. The van der Waals surface area contributed by atoms with Crippen molar-refractivity contribution < 1.29 is 9.13 Å². The number of halogens is 2. The van der Waals surface area contributed by atoms with Gasteiger partial charge in [0.15, 0.2) is 0 Å². The Morgan fingerprint density at radius 1 is 1.42 bits per heavy atom. The van der Waals surface area contributed by atoms with E-state index in [-0.39, 0.29) is 5.82 Å². The van der Waals surface area contributed by atoms with Crippen molar-refractivity contribution in [1.82, 2.24) is 10.2 Å². The first-order valence-corrected chi connectivity index (χ1v) is 7.70. The van der Waals surface area contributed by atoms with E-state index in [0.717, 1.165) is 48.5 Å². The summed E-state index contributed by atoms with van der Waals surface area (Å²) in [6.07, 6.45) is 0. The van der Waals surface area contributed by atoms with Gasteiger partial charge in [0.05, 0.1) is 13.2 Å². The van der Waals surface area contributed by atoms with Crippen LogP contribution >= 0.6 is 22.6 Å². The van der Waals surface area contributed by atoms with Gasteiger partial charge >= 0.3 is 0 Å². The number of hydrogen-bond acceptors (Lipinski definition) is 3. The summed E-state index contributed by atoms with van der Waals surface area (Å²) >= 11 is 2.18. The summed E-state index contributed by atoms with van der Waals surface area (Å²) in [5, 5.41) is 3.50. The van der Waals surface area contributed by atoms with Gasteiger partial charge in [0.1, 0.15) is 5.82 Å². The van der Waals surface area contributed by atoms with E-state index in [1.807, 2.05) is 6.07 Å². The summed E-state index contributed by atoms with van der Waals surface area (Å²) in [7, 11) is 0. The van der Waals surface area contributed by atoms with Crippen LogP contribution in [0.1, 0.15) is 12.5 Å². The van der Waals surface area contributed by atoms with Crippen molar-refractivity contribution >= 4 is 22.6 Å². The second-order valence-corrected chi connectivity index (χ2v) is 6.09. The Morgan fingerprint density at radius 3 is 2.84 bits per heavy atom. The highest BCUT2D eigenvalue weighted by Gasteiger charge is 2.13. The zero-order valence-electron chi connectivity index (χ0n) is 11.2. The topological polar surface area (TPSA) is 24.5 Å². The Hall–Kier alpha value is -0.240. The average Bonchev–Trinajstić information content (AvgIpc) is 2.39. The van der Waals surface area contributed by atoms with Crippen LogP contribution in [0.2, 0.25) is 0 Å². The number of nitrogens with zero attached hydrogens (tertiary/aromatic N) is 1. The fourth-order valence-corrected chi connectivity index (χ4v) is 2.85. The third-order valence-corrected chi connectivity index (χ3v) is 4.30. The lowest BCUT2D eigenvalue weighted by atomic mass is 10.2. The highest BCUT2D eigenvalue weighted by molar-refractivity contribution is 14.1. The predicted molar refractivity (Wildman–Crippen MR) is 82.7 cm³/mol. The largest absolute Gasteiger partial charge is 0.379 e. The van der Waals surface area contributed by atoms with Gasteiger partial charge in [0, 0.05) is 35.8 Å². The molecular weight excluding hydrogens is 358 g/mol. The van der Waals surface area contributed by atoms with Gasteiger partial charge < -0.3 is 10.1 Å². The second kappa shape index (κ2) is 7.52. The van der Waals surface area contributed by atoms with Gasteiger partial charge in [0.25, 0.3) is 0 Å². The highest BCUT2D eigenvalue weighted by Crippen LogP contribution is 2.13. The molecular formula is C14H20FIN2O. The summed E-state index contributed by atoms with van der Waals surface area (Å²) < 4.78 is 19.3. The van der Waals surface area contributed by atoms with Crippen LogP contribution in [0.5, 0.6) is 0 Å². The average molecular weight is 378 g/mol. The van der Waals surface area contributed by atoms with Crippen molar-refractivity contribution in [3.63, 3.8) is 0 Å². The Labute approximate surface area is 127 Å². The van der Waals surface area contributed by atoms with Crippen LogP contribution < -0.4 is 5.32 Å². The van der Waals surface area contributed by atoms with Crippen LogP contribution in [0, 0.1) is 9.39 Å². The van der Waals surface area contributed by atoms with Crippen LogP contribution in [0.15, 0.2) is 18.2 Å². The van der Waals surface area contributed by atoms with Crippen LogP contribution in [0.3, 0.4) is 0 Å². The van der Waals surface area contributed by atoms with Gasteiger partial charge in [0.2, 0.25) is 0 Å². The lowest BCUT2D eigenvalue weighted by Gasteiger charge is -2.29. The van der Waals surface area contributed by atoms with Crippen LogP contribution in [0.4, 0.5) is 4.39 Å². The van der Waals surface area contributed by atoms with Crippen molar-refractivity contribution in [3.05, 3.63) is 33.1 Å². The molecule has 19 heavy (non-hydrogen) atoms. The molecule has 0 bridgehead atoms. The number of ether oxygens (including phenoxy) is 1. The van der Waals surface area contributed by atoms with Gasteiger partial charge in [-0.15, -0.1) is 0 Å². The number of rotatable bonds is 5. The summed E-state index contributed by atoms with van der Waals surface area (Å²) in [4.78, 5) is 2.41. The number of hydrogen-bond donors (Lipinski definition) is 1. The molecule has 1 fully saturated rings. The molecule has 106 valence electrons. The lowest BCUT2D eigenvalue weighted by molar-refractivity contribution is 0.0343. The van der Waals surface area contributed by atoms with E-state index in [0.29, 0.717) is 6.04 Å². The van der Waals surface area contributed by atoms with Crippen LogP contribution in [-0.2, 0) is 11.3 Å². The summed E-state index contributed by atoms with van der Waals surface area (Å²) in [5.41, 5.74) is 1.15. The van der Waals surface area contributed by atoms with Crippen molar-refractivity contribution in [2.24, 2.45) is 0 Å². The third kappa shape index (κ3) is 4.98. The molecule has 0 amide bonds. The minimum Gasteiger partial charge on any atom is -0.379 e. The molecule has 1 aromatic carbocycles. The quantitative estimate of drug-likeness (QED) is 0.796. The molecule has 1 aromatic rings. The molecule has 5 heteroatoms. The molecule has 0 aromatic heterocycles. The first kappa shape index (κ1) is 15.2. The van der Waals surface area contributed by atoms with E-state index in [9.17, 15) is 4.39 Å². The van der Waals surface area contributed by atoms with Gasteiger partial charge in [-0.3, -0.25) is 4.90 Å². The van der Waals surface area contributed by atoms with Crippen molar-refractivity contribution in [1.29, 1.82) is 0 Å². The molecule has 1 unspecified atom stereocenters. The molecule has 1 aliphatic heterocycles. The summed E-state index contributed by atoms with van der Waals surface area (Å²) in [6.45, 7) is 7.70. The molecule has 3 nitrogen and oxygen atoms in total. The zero-order valence-corrected chi connectivity index (χ0v) is 13.3. The molecule has 0 spiro atoms. The van der Waals surface area contributed by atoms with E-state index >= 15 is 0 Å². The monoisotopic (exact) mass is 378 g/mol. The molecule has 1 aliphatic rings. The lowest BCUT2D eigenvalue weighted by Crippen LogP contribution is -2.44. The van der Waals surface area contributed by atoms with Crippen LogP contribution in [-0.4, -0.2) is 43.8 Å². The van der Waals surface area contributed by atoms with E-state index in [1.54, 1.807) is 6.07 Å². The fraction of sp³-hybridized carbons (Fsp3) is 0.571. The predicted octanol–water partition coefficient (Wildman–Crippen LogP) is 2.24. The zero-order chi connectivity index (χ0) is 13.7. The molecule has 0 saturated carbocycles. The minimum absolute atomic E-state index is 0.172. The second-order valence-electron chi connectivity index (χ2n) is 4.93. The smallest absolute Gasteiger partial charge is 0.124 e. The van der Waals surface area contributed by atoms with Crippen LogP contribution in [0.25, 0.3) is 0 Å². The van der Waals surface area contributed by atoms with E-state index in [1.165, 1.54) is 6.07 Å². The van der Waals surface area contributed by atoms with Gasteiger partial charge in [-0.1, -0.05) is 6.07 Å². The molecule has 1 heterocycles. The third-order valence-electron chi connectivity index (χ3n) is 3.29. The molecule has 1 N–H and O–H groups in total. The Bertz CT molecular complexity index is 410. The maximum Gasteiger partial charge on any atom is 0.124 e. The number of morpholine rings is 1. The Balaban J connectivity index is 1.77. The SMILES string of the molecule is CC(CN1CCOCC1)NCc1ccc(F)cc1I. The first-order chi connectivity index (χ1) is 9.15. The molecule has 0 aliphatic carbocycles. The van der Waals surface area contributed by atoms with Crippen molar-refractivity contribution in [2.75, 3.05) is 32.8 Å². The molecule has 2 rings (SSSR count). The minimum atomic E-state index is -0.172. The molecule has 0 radical (unpaired) electrons. The molecule has 1 atom stereocenters. The van der Waals surface area contributed by atoms with Gasteiger partial charge in [-0.2, -0.15) is 0 Å². The van der Waals surface area contributed by atoms with Gasteiger partial charge in [-0.05, 0) is 47.2 Å². The summed E-state index contributed by atoms with van der Waals surface area (Å²) in [5.74, 6) is -0.172. The Kier molecular flexibility index (Phi) is 6.00. The summed E-state index contributed by atoms with van der Waals surface area (Å²) in [6, 6.07) is 5.36.